The largest absolute Gasteiger partial charge is 0.312 e. The highest BCUT2D eigenvalue weighted by Gasteiger charge is 2.11. The number of hydrogen-bond acceptors (Lipinski definition) is 5. The third-order valence-corrected chi connectivity index (χ3v) is 3.92. The van der Waals surface area contributed by atoms with Crippen LogP contribution in [0.5, 0.6) is 0 Å². The third-order valence-electron chi connectivity index (χ3n) is 3.92. The van der Waals surface area contributed by atoms with Crippen LogP contribution in [0.2, 0.25) is 0 Å². The van der Waals surface area contributed by atoms with Crippen LogP contribution in [0.4, 0.5) is 0 Å². The van der Waals surface area contributed by atoms with Crippen molar-refractivity contribution >= 4 is 22.8 Å². The molecule has 8 bridgehead atoms. The molecule has 0 fully saturated rings. The molecule has 138 valence electrons. The van der Waals surface area contributed by atoms with Crippen LogP contribution < -0.4 is 0 Å². The van der Waals surface area contributed by atoms with Crippen molar-refractivity contribution in [2.75, 3.05) is 21.1 Å². The van der Waals surface area contributed by atoms with Gasteiger partial charge in [0.1, 0.15) is 0 Å². The first-order chi connectivity index (χ1) is 13.5. The smallest absolute Gasteiger partial charge is 0.0659 e. The summed E-state index contributed by atoms with van der Waals surface area (Å²) in [6.45, 7) is 0. The lowest BCUT2D eigenvalue weighted by Gasteiger charge is -1.94. The van der Waals surface area contributed by atoms with Crippen molar-refractivity contribution in [2.45, 2.75) is 0 Å². The van der Waals surface area contributed by atoms with Gasteiger partial charge in [-0.25, -0.2) is 20.0 Å². The summed E-state index contributed by atoms with van der Waals surface area (Å²) in [5, 5.41) is 0. The molecule has 0 amide bonds. The van der Waals surface area contributed by atoms with Gasteiger partial charge < -0.3 is 4.90 Å². The molecule has 0 aliphatic carbocycles. The van der Waals surface area contributed by atoms with Gasteiger partial charge in [-0.15, -0.1) is 0 Å². The molecule has 0 saturated carbocycles. The molecule has 0 N–H and O–H groups in total. The Balaban J connectivity index is 0.000000442. The number of allylic oxidation sites excluding steroid dienone is 12. The van der Waals surface area contributed by atoms with Crippen molar-refractivity contribution in [3.63, 3.8) is 0 Å². The molecule has 0 aromatic carbocycles. The topological polar surface area (TPSA) is 52.7 Å². The highest BCUT2D eigenvalue weighted by atomic mass is 15.0. The summed E-state index contributed by atoms with van der Waals surface area (Å²) in [4.78, 5) is 20.4. The molecule has 5 heteroatoms. The monoisotopic (exact) mass is 367 g/mol. The van der Waals surface area contributed by atoms with Gasteiger partial charge in [-0.2, -0.15) is 0 Å². The molecule has 0 radical (unpaired) electrons. The molecule has 0 aromatic rings. The minimum atomic E-state index is 0.894. The van der Waals surface area contributed by atoms with E-state index in [0.29, 0.717) is 0 Å². The van der Waals surface area contributed by atoms with Crippen LogP contribution in [0.3, 0.4) is 0 Å². The van der Waals surface area contributed by atoms with Crippen LogP contribution in [0.25, 0.3) is 0 Å². The maximum absolute atomic E-state index is 4.59. The zero-order chi connectivity index (χ0) is 19.5. The highest BCUT2D eigenvalue weighted by Crippen LogP contribution is 2.20. The van der Waals surface area contributed by atoms with Crippen LogP contribution in [-0.2, 0) is 0 Å². The summed E-state index contributed by atoms with van der Waals surface area (Å²) in [6, 6.07) is 0. The van der Waals surface area contributed by atoms with Crippen molar-refractivity contribution in [3.05, 3.63) is 95.7 Å². The summed E-state index contributed by atoms with van der Waals surface area (Å²) in [7, 11) is 6.00. The van der Waals surface area contributed by atoms with Gasteiger partial charge in [0, 0.05) is 0 Å². The second-order valence-electron chi connectivity index (χ2n) is 7.10. The quantitative estimate of drug-likeness (QED) is 0.643. The Morgan fingerprint density at radius 2 is 0.643 bits per heavy atom. The van der Waals surface area contributed by atoms with Gasteiger partial charge in [-0.1, -0.05) is 0 Å². The van der Waals surface area contributed by atoms with E-state index in [2.05, 4.69) is 20.0 Å². The molecule has 5 rings (SSSR count). The van der Waals surface area contributed by atoms with Crippen molar-refractivity contribution in [1.29, 1.82) is 0 Å². The van der Waals surface area contributed by atoms with Crippen LogP contribution in [-0.4, -0.2) is 48.9 Å². The number of nitrogens with zero attached hydrogens (tertiary/aromatic N) is 5. The normalized spacial score (nSPS) is 20.7. The predicted molar refractivity (Wildman–Crippen MR) is 118 cm³/mol. The Hall–Kier alpha value is -3.44. The molecule has 5 nitrogen and oxygen atoms in total. The molecule has 28 heavy (non-hydrogen) atoms. The number of rotatable bonds is 0. The van der Waals surface area contributed by atoms with Crippen molar-refractivity contribution in [2.24, 2.45) is 20.0 Å². The Labute approximate surface area is 165 Å². The molecule has 5 heterocycles. The van der Waals surface area contributed by atoms with E-state index in [-0.39, 0.29) is 0 Å². The standard InChI is InChI=1S/C20H12N4.C3H9N/c1-2-14-10-16-5-6-18(23-16)12-20-8-7-19(24-20)11-17-4-3-15(22-17)9-13(1)21-14;1-4(2)3/h1-12H;1-3H3. The Morgan fingerprint density at radius 1 is 0.429 bits per heavy atom. The maximum Gasteiger partial charge on any atom is 0.0659 e. The second kappa shape index (κ2) is 7.66. The second-order valence-corrected chi connectivity index (χ2v) is 7.10. The van der Waals surface area contributed by atoms with Gasteiger partial charge in [0.25, 0.3) is 0 Å². The zero-order valence-electron chi connectivity index (χ0n) is 16.2. The molecule has 5 aliphatic rings. The average molecular weight is 367 g/mol. The molecule has 0 unspecified atom stereocenters. The summed E-state index contributed by atoms with van der Waals surface area (Å²) >= 11 is 0. The lowest BCUT2D eigenvalue weighted by molar-refractivity contribution is 0.505. The molecule has 0 aromatic heterocycles. The number of hydrogen-bond donors (Lipinski definition) is 0. The summed E-state index contributed by atoms with van der Waals surface area (Å²) < 4.78 is 0. The first-order valence-corrected chi connectivity index (χ1v) is 9.08. The summed E-state index contributed by atoms with van der Waals surface area (Å²) in [5.74, 6) is 0. The summed E-state index contributed by atoms with van der Waals surface area (Å²) in [6.07, 6.45) is 23.8. The lowest BCUT2D eigenvalue weighted by atomic mass is 10.2. The van der Waals surface area contributed by atoms with Gasteiger partial charge in [-0.05, 0) is 94.1 Å². The van der Waals surface area contributed by atoms with Crippen LogP contribution in [0.1, 0.15) is 0 Å². The van der Waals surface area contributed by atoms with E-state index in [9.17, 15) is 0 Å². The number of aliphatic imine (C=N–C) groups is 4. The van der Waals surface area contributed by atoms with E-state index >= 15 is 0 Å². The van der Waals surface area contributed by atoms with Crippen LogP contribution in [0.15, 0.2) is 116 Å². The zero-order valence-corrected chi connectivity index (χ0v) is 16.2. The fourth-order valence-corrected chi connectivity index (χ4v) is 2.83. The average Bonchev–Trinajstić information content (AvgIpc) is 3.39. The van der Waals surface area contributed by atoms with Gasteiger partial charge in [0.05, 0.1) is 45.6 Å². The Kier molecular flexibility index (Phi) is 4.91. The van der Waals surface area contributed by atoms with Gasteiger partial charge in [0.2, 0.25) is 0 Å². The van der Waals surface area contributed by atoms with Crippen LogP contribution in [0, 0.1) is 0 Å². The van der Waals surface area contributed by atoms with Crippen molar-refractivity contribution in [1.82, 2.24) is 4.90 Å². The minimum absolute atomic E-state index is 0.894. The fourth-order valence-electron chi connectivity index (χ4n) is 2.83. The van der Waals surface area contributed by atoms with E-state index < -0.39 is 0 Å². The Bertz CT molecular complexity index is 887. The maximum atomic E-state index is 4.59. The van der Waals surface area contributed by atoms with Gasteiger partial charge in [0.15, 0.2) is 0 Å². The molecule has 0 spiro atoms. The molecule has 0 atom stereocenters. The van der Waals surface area contributed by atoms with E-state index in [0.717, 1.165) is 45.6 Å². The minimum Gasteiger partial charge on any atom is -0.312 e. The third kappa shape index (κ3) is 4.45. The molecule has 5 aliphatic heterocycles. The number of fused-ring (bicyclic) bond motifs is 4. The van der Waals surface area contributed by atoms with E-state index in [1.54, 1.807) is 0 Å². The fraction of sp³-hybridized carbons (Fsp3) is 0.130. The van der Waals surface area contributed by atoms with Crippen molar-refractivity contribution in [3.8, 4) is 0 Å². The van der Waals surface area contributed by atoms with Gasteiger partial charge >= 0.3 is 0 Å². The van der Waals surface area contributed by atoms with Crippen LogP contribution >= 0.6 is 0 Å². The van der Waals surface area contributed by atoms with Gasteiger partial charge in [-0.3, -0.25) is 0 Å². The van der Waals surface area contributed by atoms with E-state index in [4.69, 9.17) is 0 Å². The summed E-state index contributed by atoms with van der Waals surface area (Å²) in [5.41, 5.74) is 7.15. The van der Waals surface area contributed by atoms with E-state index in [1.165, 1.54) is 0 Å². The SMILES string of the molecule is C1=CC2=NC1=CC1=NC(=CC3=NC(=CC4=NC(=C2)C=C4)C=C3)C=C1.CN(C)C. The molecular formula is C23H21N5. The first kappa shape index (κ1) is 17.9. The van der Waals surface area contributed by atoms with Crippen molar-refractivity contribution < 1.29 is 0 Å². The first-order valence-electron chi connectivity index (χ1n) is 9.08. The molecular weight excluding hydrogens is 346 g/mol. The lowest BCUT2D eigenvalue weighted by Crippen LogP contribution is -1.99. The molecule has 0 saturated heterocycles. The predicted octanol–water partition coefficient (Wildman–Crippen LogP) is 3.76. The highest BCUT2D eigenvalue weighted by molar-refractivity contribution is 6.14. The van der Waals surface area contributed by atoms with E-state index in [1.807, 2.05) is 99.0 Å². The Morgan fingerprint density at radius 3 is 0.857 bits per heavy atom.